The number of carbonyl (C=O) groups excluding carboxylic acids is 1. The summed E-state index contributed by atoms with van der Waals surface area (Å²) in [5.74, 6) is -1.23. The molecule has 0 saturated carbocycles. The van der Waals surface area contributed by atoms with Gasteiger partial charge in [0, 0.05) is 18.3 Å². The zero-order valence-corrected chi connectivity index (χ0v) is 12.2. The lowest BCUT2D eigenvalue weighted by Gasteiger charge is -2.18. The van der Waals surface area contributed by atoms with Crippen molar-refractivity contribution in [3.8, 4) is 5.75 Å². The summed E-state index contributed by atoms with van der Waals surface area (Å²) in [7, 11) is 0. The molecule has 1 aromatic heterocycles. The lowest BCUT2D eigenvalue weighted by Crippen LogP contribution is -2.34. The number of anilines is 1. The normalized spacial score (nSPS) is 11.4. The van der Waals surface area contributed by atoms with Crippen LogP contribution in [-0.4, -0.2) is 23.4 Å². The number of carbonyl (C=O) groups is 1. The molecular formula is C15H13F4N3O2. The number of pyridine rings is 1. The third-order valence-corrected chi connectivity index (χ3v) is 3.00. The largest absolute Gasteiger partial charge is 0.461 e. The highest BCUT2D eigenvalue weighted by molar-refractivity contribution is 5.96. The first-order valence-electron chi connectivity index (χ1n) is 6.73. The summed E-state index contributed by atoms with van der Waals surface area (Å²) in [6.07, 6.45) is -7.26. The molecule has 128 valence electrons. The third-order valence-electron chi connectivity index (χ3n) is 3.00. The predicted octanol–water partition coefficient (Wildman–Crippen LogP) is 2.83. The molecule has 5 nitrogen and oxygen atoms in total. The maximum Gasteiger partial charge on any atom is 0.461 e. The number of nitrogens with one attached hydrogen (secondary N) is 1. The van der Waals surface area contributed by atoms with Gasteiger partial charge in [0.25, 0.3) is 5.91 Å². The topological polar surface area (TPSA) is 77.2 Å². The Bertz CT molecular complexity index is 725. The van der Waals surface area contributed by atoms with Crippen molar-refractivity contribution < 1.29 is 27.1 Å². The van der Waals surface area contributed by atoms with Crippen LogP contribution in [0.15, 0.2) is 42.6 Å². The van der Waals surface area contributed by atoms with Gasteiger partial charge < -0.3 is 15.8 Å². The first-order valence-corrected chi connectivity index (χ1v) is 6.73. The van der Waals surface area contributed by atoms with Crippen LogP contribution in [-0.2, 0) is 6.54 Å². The average Bonchev–Trinajstić information content (AvgIpc) is 2.54. The Morgan fingerprint density at radius 3 is 2.62 bits per heavy atom. The first kappa shape index (κ1) is 17.5. The van der Waals surface area contributed by atoms with Crippen LogP contribution in [0.3, 0.4) is 0 Å². The van der Waals surface area contributed by atoms with Crippen molar-refractivity contribution in [2.75, 3.05) is 5.73 Å². The minimum absolute atomic E-state index is 0.0158. The van der Waals surface area contributed by atoms with Crippen LogP contribution in [0.4, 0.5) is 23.4 Å². The highest BCUT2D eigenvalue weighted by Crippen LogP contribution is 2.29. The highest BCUT2D eigenvalue weighted by atomic mass is 19.3. The molecule has 9 heteroatoms. The van der Waals surface area contributed by atoms with Crippen LogP contribution in [0.1, 0.15) is 15.9 Å². The van der Waals surface area contributed by atoms with Gasteiger partial charge in [0.2, 0.25) is 0 Å². The number of nitrogen functional groups attached to an aromatic ring is 1. The molecular weight excluding hydrogens is 330 g/mol. The number of hydrogen-bond acceptors (Lipinski definition) is 4. The van der Waals surface area contributed by atoms with Gasteiger partial charge in [-0.1, -0.05) is 18.2 Å². The second kappa shape index (κ2) is 7.16. The van der Waals surface area contributed by atoms with Gasteiger partial charge in [0.05, 0.1) is 5.56 Å². The molecule has 0 unspecified atom stereocenters. The van der Waals surface area contributed by atoms with E-state index in [0.717, 1.165) is 6.07 Å². The van der Waals surface area contributed by atoms with Gasteiger partial charge in [-0.2, -0.15) is 17.6 Å². The molecule has 0 radical (unpaired) electrons. The van der Waals surface area contributed by atoms with Gasteiger partial charge in [-0.25, -0.2) is 4.98 Å². The first-order chi connectivity index (χ1) is 11.3. The van der Waals surface area contributed by atoms with Crippen molar-refractivity contribution in [1.29, 1.82) is 0 Å². The maximum absolute atomic E-state index is 13.1. The molecule has 3 N–H and O–H groups in total. The minimum atomic E-state index is -4.70. The van der Waals surface area contributed by atoms with E-state index >= 15 is 0 Å². The van der Waals surface area contributed by atoms with Crippen molar-refractivity contribution in [2.24, 2.45) is 0 Å². The molecule has 24 heavy (non-hydrogen) atoms. The maximum atomic E-state index is 13.1. The number of benzene rings is 1. The number of amides is 1. The Kier molecular flexibility index (Phi) is 5.22. The number of halogens is 4. The number of nitrogens with two attached hydrogens (primary N) is 1. The monoisotopic (exact) mass is 343 g/mol. The lowest BCUT2D eigenvalue weighted by molar-refractivity contribution is -0.253. The van der Waals surface area contributed by atoms with Crippen molar-refractivity contribution in [1.82, 2.24) is 10.3 Å². The number of aromatic nitrogens is 1. The predicted molar refractivity (Wildman–Crippen MR) is 77.8 cm³/mol. The fraction of sp³-hybridized carbons (Fsp3) is 0.200. The Morgan fingerprint density at radius 1 is 1.25 bits per heavy atom. The van der Waals surface area contributed by atoms with Crippen molar-refractivity contribution in [3.63, 3.8) is 0 Å². The standard InChI is InChI=1S/C15H13F4N3O2/c16-14(17)15(18,19)24-11-6-2-1-5-10(11)13(23)22-8-9-4-3-7-21-12(9)20/h1-7,14H,8H2,(H2,20,21)(H,22,23). The van der Waals surface area contributed by atoms with Crippen LogP contribution in [0.2, 0.25) is 0 Å². The fourth-order valence-corrected chi connectivity index (χ4v) is 1.81. The number of nitrogens with zero attached hydrogens (tertiary/aromatic N) is 1. The minimum Gasteiger partial charge on any atom is -0.427 e. The number of rotatable bonds is 6. The summed E-state index contributed by atoms with van der Waals surface area (Å²) in [6.45, 7) is -0.0158. The summed E-state index contributed by atoms with van der Waals surface area (Å²) >= 11 is 0. The average molecular weight is 343 g/mol. The zero-order valence-electron chi connectivity index (χ0n) is 12.2. The molecule has 0 saturated heterocycles. The van der Waals surface area contributed by atoms with Crippen molar-refractivity contribution in [2.45, 2.75) is 19.1 Å². The van der Waals surface area contributed by atoms with E-state index in [4.69, 9.17) is 5.73 Å². The van der Waals surface area contributed by atoms with E-state index < -0.39 is 24.2 Å². The molecule has 0 bridgehead atoms. The Balaban J connectivity index is 2.14. The van der Waals surface area contributed by atoms with Gasteiger partial charge in [0.15, 0.2) is 0 Å². The number of ether oxygens (including phenoxy) is 1. The summed E-state index contributed by atoms with van der Waals surface area (Å²) in [5.41, 5.74) is 5.83. The lowest BCUT2D eigenvalue weighted by atomic mass is 10.1. The molecule has 0 fully saturated rings. The van der Waals surface area contributed by atoms with E-state index in [0.29, 0.717) is 5.56 Å². The summed E-state index contributed by atoms with van der Waals surface area (Å²) in [4.78, 5) is 16.0. The number of para-hydroxylation sites is 1. The smallest absolute Gasteiger partial charge is 0.427 e. The second-order valence-corrected chi connectivity index (χ2v) is 4.69. The van der Waals surface area contributed by atoms with Crippen LogP contribution in [0.25, 0.3) is 0 Å². The van der Waals surface area contributed by atoms with Crippen LogP contribution in [0.5, 0.6) is 5.75 Å². The van der Waals surface area contributed by atoms with E-state index in [-0.39, 0.29) is 17.9 Å². The summed E-state index contributed by atoms with van der Waals surface area (Å²) in [5, 5.41) is 2.44. The molecule has 0 atom stereocenters. The van der Waals surface area contributed by atoms with E-state index in [1.807, 2.05) is 0 Å². The number of hydrogen-bond donors (Lipinski definition) is 2. The van der Waals surface area contributed by atoms with Crippen LogP contribution >= 0.6 is 0 Å². The van der Waals surface area contributed by atoms with Gasteiger partial charge in [-0.15, -0.1) is 0 Å². The van der Waals surface area contributed by atoms with E-state index in [9.17, 15) is 22.4 Å². The molecule has 1 heterocycles. The summed E-state index contributed by atoms with van der Waals surface area (Å²) < 4.78 is 54.6. The molecule has 0 aliphatic carbocycles. The van der Waals surface area contributed by atoms with E-state index in [1.165, 1.54) is 24.4 Å². The molecule has 1 aromatic carbocycles. The fourth-order valence-electron chi connectivity index (χ4n) is 1.81. The van der Waals surface area contributed by atoms with Crippen molar-refractivity contribution in [3.05, 3.63) is 53.7 Å². The molecule has 1 amide bonds. The molecule has 0 aliphatic heterocycles. The highest BCUT2D eigenvalue weighted by Gasteiger charge is 2.44. The Hall–Kier alpha value is -2.84. The number of alkyl halides is 4. The van der Waals surface area contributed by atoms with Gasteiger partial charge in [-0.05, 0) is 18.2 Å². The SMILES string of the molecule is Nc1ncccc1CNC(=O)c1ccccc1OC(F)(F)C(F)F. The molecule has 2 rings (SSSR count). The summed E-state index contributed by atoms with van der Waals surface area (Å²) in [6, 6.07) is 8.09. The Morgan fingerprint density at radius 2 is 1.96 bits per heavy atom. The van der Waals surface area contributed by atoms with Gasteiger partial charge >= 0.3 is 12.5 Å². The second-order valence-electron chi connectivity index (χ2n) is 4.69. The third kappa shape index (κ3) is 4.12. The molecule has 2 aromatic rings. The zero-order chi connectivity index (χ0) is 17.7. The van der Waals surface area contributed by atoms with Crippen LogP contribution in [0, 0.1) is 0 Å². The van der Waals surface area contributed by atoms with E-state index in [1.54, 1.807) is 12.1 Å². The van der Waals surface area contributed by atoms with Gasteiger partial charge in [0.1, 0.15) is 11.6 Å². The quantitative estimate of drug-likeness (QED) is 0.791. The van der Waals surface area contributed by atoms with E-state index in [2.05, 4.69) is 15.0 Å². The van der Waals surface area contributed by atoms with Crippen molar-refractivity contribution >= 4 is 11.7 Å². The van der Waals surface area contributed by atoms with Gasteiger partial charge in [-0.3, -0.25) is 4.79 Å². The molecule has 0 aliphatic rings. The van der Waals surface area contributed by atoms with Crippen LogP contribution < -0.4 is 15.8 Å². The Labute approximate surface area is 134 Å². The molecule has 0 spiro atoms.